The van der Waals surface area contributed by atoms with Gasteiger partial charge in [0.1, 0.15) is 26.2 Å². The highest BCUT2D eigenvalue weighted by Gasteiger charge is 2.56. The summed E-state index contributed by atoms with van der Waals surface area (Å²) in [4.78, 5) is 45.5. The van der Waals surface area contributed by atoms with Gasteiger partial charge in [0.05, 0.1) is 0 Å². The van der Waals surface area contributed by atoms with Gasteiger partial charge in [0.2, 0.25) is 0 Å². The fourth-order valence-electron chi connectivity index (χ4n) is 4.42. The van der Waals surface area contributed by atoms with Crippen molar-refractivity contribution in [3.63, 3.8) is 0 Å². The van der Waals surface area contributed by atoms with Gasteiger partial charge in [-0.3, -0.25) is 0 Å². The van der Waals surface area contributed by atoms with Gasteiger partial charge < -0.3 is 14.2 Å². The first-order valence-electron chi connectivity index (χ1n) is 13.4. The van der Waals surface area contributed by atoms with Crippen LogP contribution >= 0.6 is 0 Å². The molecule has 1 aliphatic heterocycles. The molecule has 0 radical (unpaired) electrons. The number of hydrogen-bond donors (Lipinski definition) is 0. The average molecular weight is 564 g/mol. The second kappa shape index (κ2) is 13.3. The van der Waals surface area contributed by atoms with Crippen molar-refractivity contribution < 1.29 is 28.6 Å². The van der Waals surface area contributed by atoms with E-state index in [2.05, 4.69) is 4.99 Å². The minimum Gasteiger partial charge on any atom is -0.458 e. The molecular weight excluding hydrogens is 534 g/mol. The molecule has 0 bridgehead atoms. The molecule has 1 heterocycles. The fourth-order valence-corrected chi connectivity index (χ4v) is 4.42. The summed E-state index contributed by atoms with van der Waals surface area (Å²) in [6, 6.07) is 36.3. The number of hydrogen-bond acceptors (Lipinski definition) is 7. The predicted octanol–water partition coefficient (Wildman–Crippen LogP) is 5.90. The quantitative estimate of drug-likeness (QED) is 0.186. The van der Waals surface area contributed by atoms with Crippen molar-refractivity contribution in [2.75, 3.05) is 0 Å². The first-order chi connectivity index (χ1) is 20.5. The maximum absolute atomic E-state index is 13.9. The van der Waals surface area contributed by atoms with Crippen molar-refractivity contribution in [1.82, 2.24) is 10.0 Å². The minimum atomic E-state index is -1.98. The summed E-state index contributed by atoms with van der Waals surface area (Å²) in [6.45, 7) is -0.207. The zero-order chi connectivity index (χ0) is 29.2. The average Bonchev–Trinajstić information content (AvgIpc) is 3.43. The van der Waals surface area contributed by atoms with Gasteiger partial charge in [-0.15, -0.1) is 0 Å². The number of esters is 1. The van der Waals surface area contributed by atoms with Crippen molar-refractivity contribution in [3.05, 3.63) is 144 Å². The van der Waals surface area contributed by atoms with Crippen molar-refractivity contribution in [2.45, 2.75) is 31.9 Å². The summed E-state index contributed by atoms with van der Waals surface area (Å²) < 4.78 is 16.8. The lowest BCUT2D eigenvalue weighted by Crippen LogP contribution is -2.61. The Labute approximate surface area is 243 Å². The van der Waals surface area contributed by atoms with Crippen molar-refractivity contribution in [3.8, 4) is 0 Å². The van der Waals surface area contributed by atoms with Crippen LogP contribution in [0.4, 0.5) is 9.59 Å². The van der Waals surface area contributed by atoms with E-state index >= 15 is 0 Å². The van der Waals surface area contributed by atoms with Crippen LogP contribution in [0, 0.1) is 0 Å². The first-order valence-corrected chi connectivity index (χ1v) is 13.4. The molecule has 0 spiro atoms. The molecule has 42 heavy (non-hydrogen) atoms. The van der Waals surface area contributed by atoms with Gasteiger partial charge >= 0.3 is 18.2 Å². The molecular formula is C33H29N3O6. The standard InChI is InChI=1S/C33H29N3O6/c37-30(40-22-27-15-7-2-8-16-27)33(21-26-13-5-1-6-14-26)34-25-35(31(38)41-23-28-17-9-3-10-18-28)36(33)32(39)42-24-29-19-11-4-12-20-29/h1-20,25H,21-24H2. The number of benzene rings is 4. The molecule has 212 valence electrons. The molecule has 9 nitrogen and oxygen atoms in total. The van der Waals surface area contributed by atoms with Gasteiger partial charge in [-0.05, 0) is 22.3 Å². The van der Waals surface area contributed by atoms with Gasteiger partial charge in [0, 0.05) is 6.42 Å². The topological polar surface area (TPSA) is 97.7 Å². The van der Waals surface area contributed by atoms with Gasteiger partial charge in [0.15, 0.2) is 0 Å². The summed E-state index contributed by atoms with van der Waals surface area (Å²) in [5, 5.41) is 1.74. The second-order valence-corrected chi connectivity index (χ2v) is 9.52. The molecule has 2 amide bonds. The lowest BCUT2D eigenvalue weighted by Gasteiger charge is -2.36. The Morgan fingerprint density at radius 3 is 1.43 bits per heavy atom. The van der Waals surface area contributed by atoms with Crippen molar-refractivity contribution >= 4 is 24.5 Å². The predicted molar refractivity (Wildman–Crippen MR) is 155 cm³/mol. The van der Waals surface area contributed by atoms with E-state index in [4.69, 9.17) is 14.2 Å². The molecule has 1 unspecified atom stereocenters. The third kappa shape index (κ3) is 6.64. The monoisotopic (exact) mass is 563 g/mol. The Morgan fingerprint density at radius 1 is 0.548 bits per heavy atom. The number of rotatable bonds is 9. The first kappa shape index (κ1) is 28.1. The number of amides is 2. The zero-order valence-corrected chi connectivity index (χ0v) is 22.7. The fraction of sp³-hybridized carbons (Fsp3) is 0.152. The minimum absolute atomic E-state index is 0.0545. The summed E-state index contributed by atoms with van der Waals surface area (Å²) in [7, 11) is 0. The molecule has 1 atom stereocenters. The third-order valence-electron chi connectivity index (χ3n) is 6.55. The van der Waals surface area contributed by atoms with Crippen LogP contribution < -0.4 is 0 Å². The molecule has 0 N–H and O–H groups in total. The number of carbonyl (C=O) groups excluding carboxylic acids is 3. The van der Waals surface area contributed by atoms with Crippen LogP contribution in [0.3, 0.4) is 0 Å². The number of hydrazine groups is 1. The van der Waals surface area contributed by atoms with E-state index in [-0.39, 0.29) is 26.2 Å². The van der Waals surface area contributed by atoms with E-state index in [0.717, 1.165) is 33.0 Å². The molecule has 4 aromatic rings. The van der Waals surface area contributed by atoms with Crippen LogP contribution in [0.25, 0.3) is 0 Å². The Bertz CT molecular complexity index is 1520. The Hall–Kier alpha value is -5.44. The highest BCUT2D eigenvalue weighted by atomic mass is 16.6. The SMILES string of the molecule is O=C(OCc1ccccc1)N1C=NC(Cc2ccccc2)(C(=O)OCc2ccccc2)N1C(=O)OCc1ccccc1. The summed E-state index contributed by atoms with van der Waals surface area (Å²) in [5.41, 5.74) is 0.935. The number of aliphatic imine (C=N–C) groups is 1. The molecule has 4 aromatic carbocycles. The zero-order valence-electron chi connectivity index (χ0n) is 22.7. The van der Waals surface area contributed by atoms with Gasteiger partial charge in [-0.2, -0.15) is 10.0 Å². The van der Waals surface area contributed by atoms with Crippen LogP contribution in [0.5, 0.6) is 0 Å². The number of carbonyl (C=O) groups is 3. The highest BCUT2D eigenvalue weighted by molar-refractivity contribution is 5.95. The normalized spacial score (nSPS) is 15.7. The van der Waals surface area contributed by atoms with Crippen LogP contribution in [-0.4, -0.2) is 40.2 Å². The van der Waals surface area contributed by atoms with Gasteiger partial charge in [-0.1, -0.05) is 121 Å². The van der Waals surface area contributed by atoms with Crippen molar-refractivity contribution in [2.24, 2.45) is 4.99 Å². The van der Waals surface area contributed by atoms with E-state index in [1.54, 1.807) is 48.5 Å². The molecule has 1 aliphatic rings. The molecule has 0 fully saturated rings. The van der Waals surface area contributed by atoms with Crippen LogP contribution in [0.2, 0.25) is 0 Å². The molecule has 9 heteroatoms. The molecule has 0 saturated heterocycles. The third-order valence-corrected chi connectivity index (χ3v) is 6.55. The smallest absolute Gasteiger partial charge is 0.435 e. The van der Waals surface area contributed by atoms with Crippen LogP contribution in [0.15, 0.2) is 126 Å². The molecule has 5 rings (SSSR count). The molecule has 0 aromatic heterocycles. The lowest BCUT2D eigenvalue weighted by molar-refractivity contribution is -0.162. The Balaban J connectivity index is 1.46. The largest absolute Gasteiger partial charge is 0.458 e. The van der Waals surface area contributed by atoms with Gasteiger partial charge in [-0.25, -0.2) is 19.4 Å². The van der Waals surface area contributed by atoms with Crippen molar-refractivity contribution in [1.29, 1.82) is 0 Å². The van der Waals surface area contributed by atoms with E-state index in [9.17, 15) is 14.4 Å². The Morgan fingerprint density at radius 2 is 0.952 bits per heavy atom. The molecule has 0 saturated carbocycles. The maximum Gasteiger partial charge on any atom is 0.435 e. The summed E-state index contributed by atoms with van der Waals surface area (Å²) in [5.74, 6) is -0.832. The number of ether oxygens (including phenoxy) is 3. The number of nitrogens with zero attached hydrogens (tertiary/aromatic N) is 3. The van der Waals surface area contributed by atoms with Crippen LogP contribution in [-0.2, 0) is 45.2 Å². The highest BCUT2D eigenvalue weighted by Crippen LogP contribution is 2.32. The molecule has 0 aliphatic carbocycles. The maximum atomic E-state index is 13.9. The Kier molecular flexibility index (Phi) is 8.88. The van der Waals surface area contributed by atoms with E-state index in [1.165, 1.54) is 0 Å². The second-order valence-electron chi connectivity index (χ2n) is 9.52. The van der Waals surface area contributed by atoms with Crippen LogP contribution in [0.1, 0.15) is 22.3 Å². The summed E-state index contributed by atoms with van der Waals surface area (Å²) >= 11 is 0. The van der Waals surface area contributed by atoms with E-state index < -0.39 is 23.8 Å². The van der Waals surface area contributed by atoms with Gasteiger partial charge in [0.25, 0.3) is 5.66 Å². The summed E-state index contributed by atoms with van der Waals surface area (Å²) in [6.07, 6.45) is -0.865. The van der Waals surface area contributed by atoms with E-state index in [0.29, 0.717) is 5.56 Å². The lowest BCUT2D eigenvalue weighted by atomic mass is 9.99. The van der Waals surface area contributed by atoms with E-state index in [1.807, 2.05) is 72.8 Å².